The van der Waals surface area contributed by atoms with Gasteiger partial charge < -0.3 is 10.0 Å². The first-order chi connectivity index (χ1) is 8.54. The monoisotopic (exact) mass is 250 g/mol. The summed E-state index contributed by atoms with van der Waals surface area (Å²) >= 11 is 0. The second kappa shape index (κ2) is 5.63. The average molecular weight is 250 g/mol. The van der Waals surface area contributed by atoms with Gasteiger partial charge in [-0.1, -0.05) is 0 Å². The first kappa shape index (κ1) is 13.2. The molecule has 2 heterocycles. The summed E-state index contributed by atoms with van der Waals surface area (Å²) < 4.78 is 0. The fraction of sp³-hybridized carbons (Fsp3) is 0.692. The molecule has 1 aromatic heterocycles. The van der Waals surface area contributed by atoms with Gasteiger partial charge in [0.2, 0.25) is 0 Å². The smallest absolute Gasteiger partial charge is 0.151 e. The minimum absolute atomic E-state index is 0.623. The number of anilines is 1. The molecular formula is C13H22N4O. The molecule has 0 atom stereocenters. The van der Waals surface area contributed by atoms with Crippen LogP contribution in [-0.4, -0.2) is 58.5 Å². The van der Waals surface area contributed by atoms with Crippen molar-refractivity contribution in [2.45, 2.75) is 25.9 Å². The van der Waals surface area contributed by atoms with E-state index < -0.39 is 5.60 Å². The van der Waals surface area contributed by atoms with Crippen molar-refractivity contribution in [1.82, 2.24) is 15.1 Å². The van der Waals surface area contributed by atoms with Gasteiger partial charge in [0.05, 0.1) is 5.60 Å². The van der Waals surface area contributed by atoms with Crippen LogP contribution in [0, 0.1) is 0 Å². The van der Waals surface area contributed by atoms with E-state index in [9.17, 15) is 5.11 Å². The Hall–Kier alpha value is -1.20. The highest BCUT2D eigenvalue weighted by Gasteiger charge is 2.21. The fourth-order valence-electron chi connectivity index (χ4n) is 2.37. The Morgan fingerprint density at radius 2 is 2.11 bits per heavy atom. The number of aliphatic hydroxyl groups is 1. The fourth-order valence-corrected chi connectivity index (χ4v) is 2.37. The van der Waals surface area contributed by atoms with Crippen molar-refractivity contribution >= 4 is 5.82 Å². The van der Waals surface area contributed by atoms with E-state index in [4.69, 9.17) is 0 Å². The summed E-state index contributed by atoms with van der Waals surface area (Å²) in [7, 11) is 0. The molecule has 1 aliphatic heterocycles. The number of hydrogen-bond donors (Lipinski definition) is 1. The van der Waals surface area contributed by atoms with Crippen molar-refractivity contribution in [1.29, 1.82) is 0 Å². The average Bonchev–Trinajstić information content (AvgIpc) is 2.54. The van der Waals surface area contributed by atoms with Gasteiger partial charge in [0.25, 0.3) is 0 Å². The van der Waals surface area contributed by atoms with Crippen molar-refractivity contribution in [3.63, 3.8) is 0 Å². The number of aromatic nitrogens is 2. The van der Waals surface area contributed by atoms with Crippen molar-refractivity contribution in [2.24, 2.45) is 0 Å². The molecule has 1 aromatic rings. The molecule has 0 aliphatic carbocycles. The van der Waals surface area contributed by atoms with Gasteiger partial charge in [-0.05, 0) is 32.4 Å². The van der Waals surface area contributed by atoms with Crippen LogP contribution in [0.3, 0.4) is 0 Å². The molecule has 1 saturated heterocycles. The third kappa shape index (κ3) is 3.92. The maximum Gasteiger partial charge on any atom is 0.151 e. The quantitative estimate of drug-likeness (QED) is 0.858. The summed E-state index contributed by atoms with van der Waals surface area (Å²) in [5, 5.41) is 17.9. The Balaban J connectivity index is 1.93. The van der Waals surface area contributed by atoms with Gasteiger partial charge >= 0.3 is 0 Å². The van der Waals surface area contributed by atoms with Gasteiger partial charge in [-0.2, -0.15) is 5.10 Å². The van der Waals surface area contributed by atoms with E-state index in [0.29, 0.717) is 0 Å². The molecule has 18 heavy (non-hydrogen) atoms. The van der Waals surface area contributed by atoms with Gasteiger partial charge in [0.1, 0.15) is 0 Å². The van der Waals surface area contributed by atoms with Crippen LogP contribution in [0.15, 0.2) is 18.3 Å². The molecule has 0 amide bonds. The van der Waals surface area contributed by atoms with E-state index in [1.54, 1.807) is 6.20 Å². The number of rotatable bonds is 3. The molecule has 0 bridgehead atoms. The van der Waals surface area contributed by atoms with Gasteiger partial charge in [0.15, 0.2) is 5.82 Å². The number of β-amino-alcohol motifs (C(OH)–C–C–N with tert-alkyl or cyclic N) is 1. The third-order valence-corrected chi connectivity index (χ3v) is 3.08. The maximum atomic E-state index is 9.87. The lowest BCUT2D eigenvalue weighted by molar-refractivity contribution is 0.0385. The van der Waals surface area contributed by atoms with Gasteiger partial charge in [-0.25, -0.2) is 0 Å². The molecule has 0 spiro atoms. The molecule has 2 rings (SSSR count). The second-order valence-corrected chi connectivity index (χ2v) is 5.51. The Kier molecular flexibility index (Phi) is 4.14. The summed E-state index contributed by atoms with van der Waals surface area (Å²) in [6, 6.07) is 3.92. The largest absolute Gasteiger partial charge is 0.389 e. The molecule has 0 aromatic carbocycles. The molecule has 5 heteroatoms. The van der Waals surface area contributed by atoms with Crippen LogP contribution in [0.5, 0.6) is 0 Å². The minimum atomic E-state index is -0.623. The highest BCUT2D eigenvalue weighted by molar-refractivity contribution is 5.36. The van der Waals surface area contributed by atoms with E-state index in [-0.39, 0.29) is 0 Å². The standard InChI is InChI=1S/C13H22N4O/c1-13(2,18)11-16-7-4-8-17(10-9-16)12-5-3-6-14-15-12/h3,5-6,18H,4,7-11H2,1-2H3. The van der Waals surface area contributed by atoms with E-state index in [1.807, 2.05) is 26.0 Å². The van der Waals surface area contributed by atoms with Crippen molar-refractivity contribution in [3.8, 4) is 0 Å². The molecule has 1 N–H and O–H groups in total. The lowest BCUT2D eigenvalue weighted by atomic mass is 10.1. The molecule has 0 unspecified atom stereocenters. The zero-order valence-electron chi connectivity index (χ0n) is 11.2. The second-order valence-electron chi connectivity index (χ2n) is 5.51. The van der Waals surface area contributed by atoms with E-state index in [2.05, 4.69) is 20.0 Å². The Bertz CT molecular complexity index is 363. The molecule has 0 radical (unpaired) electrons. The van der Waals surface area contributed by atoms with Crippen LogP contribution in [0.2, 0.25) is 0 Å². The molecule has 1 aliphatic rings. The summed E-state index contributed by atoms with van der Waals surface area (Å²) in [5.74, 6) is 0.947. The van der Waals surface area contributed by atoms with Crippen LogP contribution in [0.4, 0.5) is 5.82 Å². The third-order valence-electron chi connectivity index (χ3n) is 3.08. The summed E-state index contributed by atoms with van der Waals surface area (Å²) in [6.07, 6.45) is 2.79. The van der Waals surface area contributed by atoms with Crippen LogP contribution in [-0.2, 0) is 0 Å². The van der Waals surface area contributed by atoms with E-state index in [1.165, 1.54) is 0 Å². The number of nitrogens with zero attached hydrogens (tertiary/aromatic N) is 4. The topological polar surface area (TPSA) is 52.5 Å². The summed E-state index contributed by atoms with van der Waals surface area (Å²) in [5.41, 5.74) is -0.623. The van der Waals surface area contributed by atoms with Crippen molar-refractivity contribution in [2.75, 3.05) is 37.6 Å². The normalized spacial score (nSPS) is 18.7. The highest BCUT2D eigenvalue weighted by Crippen LogP contribution is 2.13. The van der Waals surface area contributed by atoms with E-state index in [0.717, 1.165) is 45.0 Å². The lowest BCUT2D eigenvalue weighted by Crippen LogP contribution is -2.40. The Morgan fingerprint density at radius 1 is 1.28 bits per heavy atom. The predicted molar refractivity (Wildman–Crippen MR) is 71.6 cm³/mol. The zero-order valence-corrected chi connectivity index (χ0v) is 11.2. The highest BCUT2D eigenvalue weighted by atomic mass is 16.3. The SMILES string of the molecule is CC(C)(O)CN1CCCN(c2cccnn2)CC1. The first-order valence-electron chi connectivity index (χ1n) is 6.52. The van der Waals surface area contributed by atoms with Crippen LogP contribution in [0.25, 0.3) is 0 Å². The Morgan fingerprint density at radius 3 is 2.78 bits per heavy atom. The van der Waals surface area contributed by atoms with Crippen molar-refractivity contribution in [3.05, 3.63) is 18.3 Å². The molecule has 1 fully saturated rings. The minimum Gasteiger partial charge on any atom is -0.389 e. The van der Waals surface area contributed by atoms with E-state index >= 15 is 0 Å². The van der Waals surface area contributed by atoms with Crippen LogP contribution >= 0.6 is 0 Å². The molecule has 0 saturated carbocycles. The number of hydrogen-bond acceptors (Lipinski definition) is 5. The van der Waals surface area contributed by atoms with Crippen LogP contribution < -0.4 is 4.90 Å². The van der Waals surface area contributed by atoms with Gasteiger partial charge in [0, 0.05) is 38.9 Å². The lowest BCUT2D eigenvalue weighted by Gasteiger charge is -2.27. The summed E-state index contributed by atoms with van der Waals surface area (Å²) in [4.78, 5) is 4.58. The molecule has 100 valence electrons. The zero-order chi connectivity index (χ0) is 13.0. The van der Waals surface area contributed by atoms with Crippen molar-refractivity contribution < 1.29 is 5.11 Å². The first-order valence-corrected chi connectivity index (χ1v) is 6.52. The molecular weight excluding hydrogens is 228 g/mol. The van der Waals surface area contributed by atoms with Gasteiger partial charge in [-0.15, -0.1) is 5.10 Å². The van der Waals surface area contributed by atoms with Crippen LogP contribution in [0.1, 0.15) is 20.3 Å². The molecule has 5 nitrogen and oxygen atoms in total. The van der Waals surface area contributed by atoms with Gasteiger partial charge in [-0.3, -0.25) is 4.90 Å². The Labute approximate surface area is 108 Å². The maximum absolute atomic E-state index is 9.87. The summed E-state index contributed by atoms with van der Waals surface area (Å²) in [6.45, 7) is 8.37. The predicted octanol–water partition coefficient (Wildman–Crippen LogP) is 0.760.